The van der Waals surface area contributed by atoms with E-state index >= 15 is 0 Å². The summed E-state index contributed by atoms with van der Waals surface area (Å²) in [5.74, 6) is -1.00. The lowest BCUT2D eigenvalue weighted by Gasteiger charge is -2.23. The third-order valence-electron chi connectivity index (χ3n) is 3.91. The first kappa shape index (κ1) is 18.4. The van der Waals surface area contributed by atoms with Gasteiger partial charge in [0.05, 0.1) is 23.6 Å². The molecule has 0 radical (unpaired) electrons. The molecule has 1 aliphatic heterocycles. The summed E-state index contributed by atoms with van der Waals surface area (Å²) in [7, 11) is -3.44. The van der Waals surface area contributed by atoms with Crippen LogP contribution in [0.4, 0.5) is 5.69 Å². The lowest BCUT2D eigenvalue weighted by Crippen LogP contribution is -2.43. The number of amides is 1. The molecule has 0 saturated carbocycles. The van der Waals surface area contributed by atoms with Crippen LogP contribution in [0, 0.1) is 0 Å². The van der Waals surface area contributed by atoms with Crippen molar-refractivity contribution in [2.24, 2.45) is 0 Å². The van der Waals surface area contributed by atoms with Gasteiger partial charge >= 0.3 is 5.97 Å². The van der Waals surface area contributed by atoms with Crippen molar-refractivity contribution in [1.82, 2.24) is 4.31 Å². The zero-order valence-corrected chi connectivity index (χ0v) is 14.6. The Bertz CT molecular complexity index is 717. The molecule has 1 aromatic carbocycles. The fraction of sp³-hybridized carbons (Fsp3) is 0.500. The van der Waals surface area contributed by atoms with Gasteiger partial charge in [0.2, 0.25) is 15.9 Å². The smallest absolute Gasteiger partial charge is 0.340 e. The average molecular weight is 354 g/mol. The topological polar surface area (TPSA) is 92.8 Å². The summed E-state index contributed by atoms with van der Waals surface area (Å²) in [6.07, 6.45) is 1.10. The standard InChI is InChI=1S/C16H22N2O5S/c1-3-23-16(20)12-8-5-6-9-13(12)17-15(19)14-10-7-11-18(14)24(21,22)4-2/h5-6,8-9,14H,3-4,7,10-11H2,1-2H3,(H,17,19)/t14-/m0/s1. The number of carbonyl (C=O) groups excluding carboxylic acids is 2. The summed E-state index contributed by atoms with van der Waals surface area (Å²) in [6.45, 7) is 3.82. The lowest BCUT2D eigenvalue weighted by molar-refractivity contribution is -0.119. The summed E-state index contributed by atoms with van der Waals surface area (Å²) in [6, 6.07) is 5.77. The molecule has 24 heavy (non-hydrogen) atoms. The summed E-state index contributed by atoms with van der Waals surface area (Å²) >= 11 is 0. The molecule has 8 heteroatoms. The lowest BCUT2D eigenvalue weighted by atomic mass is 10.1. The predicted octanol–water partition coefficient (Wildman–Crippen LogP) is 1.62. The van der Waals surface area contributed by atoms with E-state index in [1.54, 1.807) is 38.1 Å². The van der Waals surface area contributed by atoms with Crippen molar-refractivity contribution in [3.63, 3.8) is 0 Å². The Morgan fingerprint density at radius 2 is 2.00 bits per heavy atom. The predicted molar refractivity (Wildman–Crippen MR) is 90.2 cm³/mol. The van der Waals surface area contributed by atoms with Gasteiger partial charge in [-0.15, -0.1) is 0 Å². The molecule has 1 amide bonds. The largest absolute Gasteiger partial charge is 0.462 e. The number of anilines is 1. The Kier molecular flexibility index (Phi) is 5.95. The van der Waals surface area contributed by atoms with Crippen molar-refractivity contribution in [3.05, 3.63) is 29.8 Å². The van der Waals surface area contributed by atoms with Gasteiger partial charge in [-0.05, 0) is 38.8 Å². The van der Waals surface area contributed by atoms with Gasteiger partial charge in [-0.3, -0.25) is 4.79 Å². The maximum Gasteiger partial charge on any atom is 0.340 e. The van der Waals surface area contributed by atoms with E-state index in [2.05, 4.69) is 5.32 Å². The highest BCUT2D eigenvalue weighted by molar-refractivity contribution is 7.89. The summed E-state index contributed by atoms with van der Waals surface area (Å²) in [5, 5.41) is 2.67. The van der Waals surface area contributed by atoms with Gasteiger partial charge in [-0.25, -0.2) is 13.2 Å². The molecule has 1 atom stereocenters. The molecule has 0 unspecified atom stereocenters. The number of sulfonamides is 1. The third-order valence-corrected chi connectivity index (χ3v) is 5.79. The van der Waals surface area contributed by atoms with E-state index in [0.717, 1.165) is 0 Å². The number of hydrogen-bond donors (Lipinski definition) is 1. The Labute approximate surface area is 142 Å². The van der Waals surface area contributed by atoms with Crippen LogP contribution in [0.2, 0.25) is 0 Å². The summed E-state index contributed by atoms with van der Waals surface area (Å²) in [5.41, 5.74) is 0.567. The summed E-state index contributed by atoms with van der Waals surface area (Å²) in [4.78, 5) is 24.5. The highest BCUT2D eigenvalue weighted by Gasteiger charge is 2.37. The quantitative estimate of drug-likeness (QED) is 0.784. The number of esters is 1. The van der Waals surface area contributed by atoms with Crippen molar-refractivity contribution >= 4 is 27.6 Å². The normalized spacial score (nSPS) is 18.3. The number of benzene rings is 1. The van der Waals surface area contributed by atoms with Crippen LogP contribution in [0.25, 0.3) is 0 Å². The Balaban J connectivity index is 2.20. The SMILES string of the molecule is CCOC(=O)c1ccccc1NC(=O)[C@@H]1CCCN1S(=O)(=O)CC. The number of ether oxygens (including phenoxy) is 1. The molecular formula is C16H22N2O5S. The molecule has 0 bridgehead atoms. The van der Waals surface area contributed by atoms with E-state index in [-0.39, 0.29) is 17.9 Å². The minimum absolute atomic E-state index is 0.0454. The van der Waals surface area contributed by atoms with Crippen LogP contribution in [-0.4, -0.2) is 49.5 Å². The fourth-order valence-corrected chi connectivity index (χ4v) is 4.02. The van der Waals surface area contributed by atoms with Crippen LogP contribution in [0.15, 0.2) is 24.3 Å². The van der Waals surface area contributed by atoms with E-state index in [1.165, 1.54) is 4.31 Å². The van der Waals surface area contributed by atoms with Crippen LogP contribution in [0.1, 0.15) is 37.0 Å². The van der Waals surface area contributed by atoms with Crippen LogP contribution in [0.3, 0.4) is 0 Å². The highest BCUT2D eigenvalue weighted by atomic mass is 32.2. The zero-order chi connectivity index (χ0) is 17.7. The molecule has 1 saturated heterocycles. The van der Waals surface area contributed by atoms with E-state index in [9.17, 15) is 18.0 Å². The number of hydrogen-bond acceptors (Lipinski definition) is 5. The monoisotopic (exact) mass is 354 g/mol. The van der Waals surface area contributed by atoms with Gasteiger partial charge in [-0.1, -0.05) is 12.1 Å². The maximum atomic E-state index is 12.6. The molecule has 0 aliphatic carbocycles. The first-order valence-electron chi connectivity index (χ1n) is 7.97. The minimum atomic E-state index is -3.44. The first-order chi connectivity index (χ1) is 11.4. The summed E-state index contributed by atoms with van der Waals surface area (Å²) < 4.78 is 30.4. The van der Waals surface area contributed by atoms with Gasteiger partial charge in [0.1, 0.15) is 6.04 Å². The van der Waals surface area contributed by atoms with E-state index in [4.69, 9.17) is 4.74 Å². The van der Waals surface area contributed by atoms with Crippen LogP contribution in [0.5, 0.6) is 0 Å². The van der Waals surface area contributed by atoms with Crippen molar-refractivity contribution in [2.45, 2.75) is 32.7 Å². The number of nitrogens with zero attached hydrogens (tertiary/aromatic N) is 1. The second kappa shape index (κ2) is 7.76. The molecule has 1 fully saturated rings. The van der Waals surface area contributed by atoms with Gasteiger partial charge in [0, 0.05) is 6.54 Å². The van der Waals surface area contributed by atoms with Crippen molar-refractivity contribution in [2.75, 3.05) is 24.2 Å². The van der Waals surface area contributed by atoms with E-state index in [0.29, 0.717) is 25.1 Å². The Hall–Kier alpha value is -1.93. The Morgan fingerprint density at radius 1 is 1.29 bits per heavy atom. The van der Waals surface area contributed by atoms with Gasteiger partial charge in [0.25, 0.3) is 0 Å². The van der Waals surface area contributed by atoms with Crippen LogP contribution >= 0.6 is 0 Å². The molecule has 0 aromatic heterocycles. The van der Waals surface area contributed by atoms with Crippen molar-refractivity contribution in [1.29, 1.82) is 0 Å². The van der Waals surface area contributed by atoms with Gasteiger partial charge in [-0.2, -0.15) is 4.31 Å². The van der Waals surface area contributed by atoms with Gasteiger partial charge in [0.15, 0.2) is 0 Å². The average Bonchev–Trinajstić information content (AvgIpc) is 3.06. The molecule has 0 spiro atoms. The number of para-hydroxylation sites is 1. The Morgan fingerprint density at radius 3 is 2.67 bits per heavy atom. The molecule has 1 heterocycles. The fourth-order valence-electron chi connectivity index (χ4n) is 2.70. The minimum Gasteiger partial charge on any atom is -0.462 e. The second-order valence-corrected chi connectivity index (χ2v) is 7.63. The molecule has 7 nitrogen and oxygen atoms in total. The van der Waals surface area contributed by atoms with Crippen molar-refractivity contribution < 1.29 is 22.7 Å². The molecular weight excluding hydrogens is 332 g/mol. The number of carbonyl (C=O) groups is 2. The van der Waals surface area contributed by atoms with Crippen LogP contribution in [-0.2, 0) is 19.6 Å². The zero-order valence-electron chi connectivity index (χ0n) is 13.8. The van der Waals surface area contributed by atoms with Gasteiger partial charge < -0.3 is 10.1 Å². The van der Waals surface area contributed by atoms with E-state index < -0.39 is 27.9 Å². The van der Waals surface area contributed by atoms with Crippen molar-refractivity contribution in [3.8, 4) is 0 Å². The molecule has 1 aromatic rings. The number of rotatable bonds is 6. The molecule has 132 valence electrons. The highest BCUT2D eigenvalue weighted by Crippen LogP contribution is 2.24. The molecule has 1 aliphatic rings. The van der Waals surface area contributed by atoms with E-state index in [1.807, 2.05) is 0 Å². The van der Waals surface area contributed by atoms with Crippen LogP contribution < -0.4 is 5.32 Å². The third kappa shape index (κ3) is 3.93. The number of nitrogens with one attached hydrogen (secondary N) is 1. The second-order valence-electron chi connectivity index (χ2n) is 5.42. The molecule has 1 N–H and O–H groups in total. The maximum absolute atomic E-state index is 12.6. The first-order valence-corrected chi connectivity index (χ1v) is 9.58. The molecule has 2 rings (SSSR count).